The van der Waals surface area contributed by atoms with Gasteiger partial charge in [-0.2, -0.15) is 0 Å². The van der Waals surface area contributed by atoms with Gasteiger partial charge in [-0.15, -0.1) is 12.4 Å². The number of rotatable bonds is 3. The number of amides is 2. The Morgan fingerprint density at radius 1 is 1.36 bits per heavy atom. The van der Waals surface area contributed by atoms with Crippen molar-refractivity contribution in [2.45, 2.75) is 26.0 Å². The van der Waals surface area contributed by atoms with E-state index in [1.165, 1.54) is 25.1 Å². The van der Waals surface area contributed by atoms with Gasteiger partial charge in [0.1, 0.15) is 11.9 Å². The molecule has 1 saturated heterocycles. The Morgan fingerprint density at radius 2 is 2.09 bits per heavy atom. The Morgan fingerprint density at radius 3 is 2.73 bits per heavy atom. The van der Waals surface area contributed by atoms with Crippen molar-refractivity contribution in [3.8, 4) is 0 Å². The quantitative estimate of drug-likeness (QED) is 0.784. The number of ether oxygens (including phenoxy) is 1. The molecule has 3 N–H and O–H groups in total. The maximum absolute atomic E-state index is 13.8. The molecule has 1 aromatic carbocycles. The molecule has 0 bridgehead atoms. The summed E-state index contributed by atoms with van der Waals surface area (Å²) in [7, 11) is 0. The smallest absolute Gasteiger partial charge is 0.244 e. The number of halogens is 2. The molecule has 122 valence electrons. The van der Waals surface area contributed by atoms with Gasteiger partial charge in [0.15, 0.2) is 0 Å². The van der Waals surface area contributed by atoms with Gasteiger partial charge in [-0.05, 0) is 25.1 Å². The number of nitrogens with one attached hydrogen (secondary N) is 3. The van der Waals surface area contributed by atoms with E-state index in [0.717, 1.165) is 0 Å². The highest BCUT2D eigenvalue weighted by Crippen LogP contribution is 2.20. The van der Waals surface area contributed by atoms with Gasteiger partial charge < -0.3 is 20.7 Å². The topological polar surface area (TPSA) is 79.5 Å². The number of hydrogen-bond donors (Lipinski definition) is 3. The fraction of sp³-hybridized carbons (Fsp3) is 0.429. The first-order chi connectivity index (χ1) is 9.97. The first-order valence-corrected chi connectivity index (χ1v) is 6.70. The fourth-order valence-corrected chi connectivity index (χ4v) is 2.14. The zero-order chi connectivity index (χ0) is 15.4. The van der Waals surface area contributed by atoms with Crippen LogP contribution in [0.2, 0.25) is 0 Å². The van der Waals surface area contributed by atoms with Crippen molar-refractivity contribution in [2.24, 2.45) is 0 Å². The second kappa shape index (κ2) is 8.07. The number of benzene rings is 1. The molecular formula is C14H19ClFN3O3. The van der Waals surface area contributed by atoms with E-state index in [-0.39, 0.29) is 36.0 Å². The van der Waals surface area contributed by atoms with E-state index >= 15 is 0 Å². The van der Waals surface area contributed by atoms with Gasteiger partial charge in [0.2, 0.25) is 11.8 Å². The molecule has 2 amide bonds. The molecule has 1 aromatic rings. The van der Waals surface area contributed by atoms with Gasteiger partial charge in [0.05, 0.1) is 18.4 Å². The SMILES string of the molecule is CC(=O)Nc1ccc(F)c(NC(=O)[C@H]2NCCO[C@@H]2C)c1.Cl. The van der Waals surface area contributed by atoms with E-state index < -0.39 is 11.9 Å². The molecule has 1 fully saturated rings. The van der Waals surface area contributed by atoms with Crippen LogP contribution in [0.4, 0.5) is 15.8 Å². The van der Waals surface area contributed by atoms with E-state index in [2.05, 4.69) is 16.0 Å². The molecule has 0 saturated carbocycles. The Balaban J connectivity index is 0.00000242. The second-order valence-electron chi connectivity index (χ2n) is 4.87. The fourth-order valence-electron chi connectivity index (χ4n) is 2.14. The van der Waals surface area contributed by atoms with E-state index in [9.17, 15) is 14.0 Å². The number of carbonyl (C=O) groups excluding carboxylic acids is 2. The van der Waals surface area contributed by atoms with Gasteiger partial charge in [0.25, 0.3) is 0 Å². The summed E-state index contributed by atoms with van der Waals surface area (Å²) in [5.41, 5.74) is 0.436. The van der Waals surface area contributed by atoms with Crippen molar-refractivity contribution in [1.82, 2.24) is 5.32 Å². The van der Waals surface area contributed by atoms with Crippen molar-refractivity contribution in [3.63, 3.8) is 0 Å². The van der Waals surface area contributed by atoms with Crippen LogP contribution < -0.4 is 16.0 Å². The van der Waals surface area contributed by atoms with Gasteiger partial charge in [0, 0.05) is 19.2 Å². The van der Waals surface area contributed by atoms with Crippen LogP contribution in [0.3, 0.4) is 0 Å². The molecule has 2 rings (SSSR count). The van der Waals surface area contributed by atoms with Crippen LogP contribution in [0, 0.1) is 5.82 Å². The Labute approximate surface area is 134 Å². The van der Waals surface area contributed by atoms with E-state index in [4.69, 9.17) is 4.74 Å². The van der Waals surface area contributed by atoms with Crippen LogP contribution >= 0.6 is 12.4 Å². The van der Waals surface area contributed by atoms with Crippen LogP contribution in [-0.4, -0.2) is 37.1 Å². The molecule has 8 heteroatoms. The highest BCUT2D eigenvalue weighted by molar-refractivity contribution is 5.96. The summed E-state index contributed by atoms with van der Waals surface area (Å²) in [6, 6.07) is 3.46. The third-order valence-corrected chi connectivity index (χ3v) is 3.14. The van der Waals surface area contributed by atoms with E-state index in [0.29, 0.717) is 18.8 Å². The van der Waals surface area contributed by atoms with Crippen molar-refractivity contribution in [3.05, 3.63) is 24.0 Å². The number of carbonyl (C=O) groups is 2. The summed E-state index contributed by atoms with van der Waals surface area (Å²) >= 11 is 0. The van der Waals surface area contributed by atoms with Crippen LogP contribution in [-0.2, 0) is 14.3 Å². The standard InChI is InChI=1S/C14H18FN3O3.ClH/c1-8-13(16-5-6-21-8)14(20)18-12-7-10(17-9(2)19)3-4-11(12)15;/h3-4,7-8,13,16H,5-6H2,1-2H3,(H,17,19)(H,18,20);1H/t8-,13+;/m1./s1. The van der Waals surface area contributed by atoms with Crippen LogP contribution in [0.15, 0.2) is 18.2 Å². The first-order valence-electron chi connectivity index (χ1n) is 6.70. The minimum atomic E-state index is -0.568. The van der Waals surface area contributed by atoms with E-state index in [1.54, 1.807) is 6.92 Å². The lowest BCUT2D eigenvalue weighted by molar-refractivity contribution is -0.123. The lowest BCUT2D eigenvalue weighted by Gasteiger charge is -2.29. The second-order valence-corrected chi connectivity index (χ2v) is 4.87. The predicted molar refractivity (Wildman–Crippen MR) is 83.8 cm³/mol. The van der Waals surface area contributed by atoms with Crippen LogP contribution in [0.25, 0.3) is 0 Å². The minimum Gasteiger partial charge on any atom is -0.375 e. The highest BCUT2D eigenvalue weighted by Gasteiger charge is 2.28. The molecule has 0 spiro atoms. The van der Waals surface area contributed by atoms with Crippen LogP contribution in [0.1, 0.15) is 13.8 Å². The maximum atomic E-state index is 13.8. The van der Waals surface area contributed by atoms with Crippen molar-refractivity contribution in [2.75, 3.05) is 23.8 Å². The molecule has 22 heavy (non-hydrogen) atoms. The molecule has 6 nitrogen and oxygen atoms in total. The summed E-state index contributed by atoms with van der Waals surface area (Å²) in [4.78, 5) is 23.2. The lowest BCUT2D eigenvalue weighted by atomic mass is 10.1. The average molecular weight is 332 g/mol. The molecule has 1 aliphatic heterocycles. The van der Waals surface area contributed by atoms with Gasteiger partial charge in [-0.25, -0.2) is 4.39 Å². The molecule has 2 atom stereocenters. The minimum absolute atomic E-state index is 0. The zero-order valence-corrected chi connectivity index (χ0v) is 13.1. The van der Waals surface area contributed by atoms with Gasteiger partial charge >= 0.3 is 0 Å². The molecule has 0 unspecified atom stereocenters. The number of hydrogen-bond acceptors (Lipinski definition) is 4. The maximum Gasteiger partial charge on any atom is 0.244 e. The zero-order valence-electron chi connectivity index (χ0n) is 12.3. The van der Waals surface area contributed by atoms with Gasteiger partial charge in [-0.3, -0.25) is 9.59 Å². The molecule has 1 aliphatic rings. The van der Waals surface area contributed by atoms with E-state index in [1.807, 2.05) is 0 Å². The summed E-state index contributed by atoms with van der Waals surface area (Å²) in [5, 5.41) is 8.08. The number of anilines is 2. The third kappa shape index (κ3) is 4.66. The summed E-state index contributed by atoms with van der Waals surface area (Å²) in [6.45, 7) is 4.24. The van der Waals surface area contributed by atoms with Crippen LogP contribution in [0.5, 0.6) is 0 Å². The average Bonchev–Trinajstić information content (AvgIpc) is 2.42. The number of morpholine rings is 1. The molecule has 0 radical (unpaired) electrons. The summed E-state index contributed by atoms with van der Waals surface area (Å²) in [5.74, 6) is -1.21. The monoisotopic (exact) mass is 331 g/mol. The normalized spacial score (nSPS) is 20.7. The summed E-state index contributed by atoms with van der Waals surface area (Å²) < 4.78 is 19.1. The van der Waals surface area contributed by atoms with Crippen molar-refractivity contribution in [1.29, 1.82) is 0 Å². The Bertz CT molecular complexity index is 556. The molecular weight excluding hydrogens is 313 g/mol. The molecule has 1 heterocycles. The largest absolute Gasteiger partial charge is 0.375 e. The predicted octanol–water partition coefficient (Wildman–Crippen LogP) is 1.52. The third-order valence-electron chi connectivity index (χ3n) is 3.14. The molecule has 0 aliphatic carbocycles. The van der Waals surface area contributed by atoms with Gasteiger partial charge in [-0.1, -0.05) is 0 Å². The van der Waals surface area contributed by atoms with Crippen molar-refractivity contribution < 1.29 is 18.7 Å². The molecule has 0 aromatic heterocycles. The highest BCUT2D eigenvalue weighted by atomic mass is 35.5. The lowest BCUT2D eigenvalue weighted by Crippen LogP contribution is -2.53. The summed E-state index contributed by atoms with van der Waals surface area (Å²) in [6.07, 6.45) is -0.291. The Kier molecular flexibility index (Phi) is 6.73. The van der Waals surface area contributed by atoms with Crippen molar-refractivity contribution >= 4 is 35.6 Å². The Hall–Kier alpha value is -1.70. The first kappa shape index (κ1) is 18.3.